The minimum atomic E-state index is -0.0984. The second kappa shape index (κ2) is 6.02. The lowest BCUT2D eigenvalue weighted by Gasteiger charge is -2.36. The molecule has 18 heavy (non-hydrogen) atoms. The predicted molar refractivity (Wildman–Crippen MR) is 69.2 cm³/mol. The van der Waals surface area contributed by atoms with E-state index in [1.165, 1.54) is 12.8 Å². The summed E-state index contributed by atoms with van der Waals surface area (Å²) in [5, 5.41) is 8.73. The van der Waals surface area contributed by atoms with Crippen LogP contribution in [0.5, 0.6) is 0 Å². The first-order valence-corrected chi connectivity index (χ1v) is 7.17. The summed E-state index contributed by atoms with van der Waals surface area (Å²) in [6.07, 6.45) is 6.51. The number of hydrogen-bond acceptors (Lipinski definition) is 3. The van der Waals surface area contributed by atoms with Crippen LogP contribution in [0.15, 0.2) is 0 Å². The van der Waals surface area contributed by atoms with E-state index < -0.39 is 0 Å². The van der Waals surface area contributed by atoms with Gasteiger partial charge in [-0.2, -0.15) is 0 Å². The molecule has 0 unspecified atom stereocenters. The molecule has 1 amide bonds. The maximum absolute atomic E-state index is 12.5. The van der Waals surface area contributed by atoms with Crippen LogP contribution in [0.4, 0.5) is 0 Å². The van der Waals surface area contributed by atoms with Crippen molar-refractivity contribution in [3.8, 4) is 0 Å². The van der Waals surface area contributed by atoms with Crippen molar-refractivity contribution in [3.05, 3.63) is 0 Å². The molecule has 0 bridgehead atoms. The normalized spacial score (nSPS) is 24.4. The maximum Gasteiger partial charge on any atom is 0.228 e. The second-order valence-electron chi connectivity index (χ2n) is 5.85. The van der Waals surface area contributed by atoms with E-state index in [0.717, 1.165) is 38.8 Å². The van der Waals surface area contributed by atoms with E-state index in [4.69, 9.17) is 9.84 Å². The molecule has 4 nitrogen and oxygen atoms in total. The summed E-state index contributed by atoms with van der Waals surface area (Å²) in [5.74, 6) is 0.348. The Morgan fingerprint density at radius 1 is 1.33 bits per heavy atom. The van der Waals surface area contributed by atoms with E-state index in [-0.39, 0.29) is 18.1 Å². The summed E-state index contributed by atoms with van der Waals surface area (Å²) in [5.41, 5.74) is -0.0984. The van der Waals surface area contributed by atoms with Crippen molar-refractivity contribution >= 4 is 5.91 Å². The third kappa shape index (κ3) is 3.04. The highest BCUT2D eigenvalue weighted by Gasteiger charge is 2.39. The van der Waals surface area contributed by atoms with Crippen LogP contribution in [0.3, 0.4) is 0 Å². The number of rotatable bonds is 4. The van der Waals surface area contributed by atoms with Crippen molar-refractivity contribution < 1.29 is 14.6 Å². The number of carbonyl (C=O) groups is 1. The fraction of sp³-hybridized carbons (Fsp3) is 0.929. The molecular formula is C14H25NO3. The number of aliphatic hydroxyl groups is 1. The van der Waals surface area contributed by atoms with Gasteiger partial charge >= 0.3 is 0 Å². The molecule has 0 atom stereocenters. The molecule has 0 radical (unpaired) electrons. The topological polar surface area (TPSA) is 49.8 Å². The summed E-state index contributed by atoms with van der Waals surface area (Å²) in [4.78, 5) is 14.5. The largest absolute Gasteiger partial charge is 0.394 e. The zero-order valence-corrected chi connectivity index (χ0v) is 11.4. The molecule has 2 aliphatic rings. The third-order valence-corrected chi connectivity index (χ3v) is 4.40. The van der Waals surface area contributed by atoms with Crippen LogP contribution < -0.4 is 0 Å². The predicted octanol–water partition coefficient (Wildman–Crippen LogP) is 1.57. The molecule has 1 N–H and O–H groups in total. The molecule has 4 heteroatoms. The molecule has 0 aromatic heterocycles. The van der Waals surface area contributed by atoms with Crippen molar-refractivity contribution in [3.63, 3.8) is 0 Å². The Morgan fingerprint density at radius 3 is 2.50 bits per heavy atom. The van der Waals surface area contributed by atoms with E-state index in [1.807, 2.05) is 4.90 Å². The molecular weight excluding hydrogens is 230 g/mol. The number of carbonyl (C=O) groups excluding carboxylic acids is 1. The van der Waals surface area contributed by atoms with E-state index in [9.17, 15) is 4.79 Å². The quantitative estimate of drug-likeness (QED) is 0.829. The molecule has 1 saturated heterocycles. The van der Waals surface area contributed by atoms with Gasteiger partial charge in [-0.05, 0) is 25.7 Å². The Morgan fingerprint density at radius 2 is 1.94 bits per heavy atom. The fourth-order valence-corrected chi connectivity index (χ4v) is 3.20. The molecule has 0 spiro atoms. The van der Waals surface area contributed by atoms with Crippen molar-refractivity contribution in [2.24, 2.45) is 5.41 Å². The fourth-order valence-electron chi connectivity index (χ4n) is 3.20. The lowest BCUT2D eigenvalue weighted by Crippen LogP contribution is -2.46. The van der Waals surface area contributed by atoms with Crippen LogP contribution in [0.2, 0.25) is 0 Å². The smallest absolute Gasteiger partial charge is 0.228 e. The highest BCUT2D eigenvalue weighted by atomic mass is 16.5. The Bertz CT molecular complexity index is 279. The van der Waals surface area contributed by atoms with Gasteiger partial charge in [-0.25, -0.2) is 0 Å². The number of amides is 1. The molecule has 0 aromatic rings. The zero-order chi connectivity index (χ0) is 13.0. The van der Waals surface area contributed by atoms with Crippen LogP contribution in [0.1, 0.15) is 45.4 Å². The summed E-state index contributed by atoms with van der Waals surface area (Å²) in [6, 6.07) is 0. The van der Waals surface area contributed by atoms with Gasteiger partial charge in [0, 0.05) is 18.5 Å². The van der Waals surface area contributed by atoms with Gasteiger partial charge in [0.1, 0.15) is 0 Å². The Hall–Kier alpha value is -0.610. The van der Waals surface area contributed by atoms with E-state index in [0.29, 0.717) is 12.5 Å². The van der Waals surface area contributed by atoms with Gasteiger partial charge in [0.25, 0.3) is 0 Å². The zero-order valence-electron chi connectivity index (χ0n) is 11.4. The Labute approximate surface area is 109 Å². The van der Waals surface area contributed by atoms with E-state index in [2.05, 4.69) is 6.92 Å². The van der Waals surface area contributed by atoms with E-state index in [1.54, 1.807) is 0 Å². The SMILES string of the molecule is CC1(C(=O)N2CCC(OCCO)CC2)CCCC1. The highest BCUT2D eigenvalue weighted by Crippen LogP contribution is 2.39. The van der Waals surface area contributed by atoms with Crippen LogP contribution in [-0.4, -0.2) is 48.3 Å². The standard InChI is InChI=1S/C14H25NO3/c1-14(6-2-3-7-14)13(17)15-8-4-12(5-9-15)18-11-10-16/h12,16H,2-11H2,1H3. The molecule has 104 valence electrons. The number of aliphatic hydroxyl groups excluding tert-OH is 1. The first-order valence-electron chi connectivity index (χ1n) is 7.17. The minimum Gasteiger partial charge on any atom is -0.394 e. The molecule has 1 aliphatic carbocycles. The molecule has 1 aliphatic heterocycles. The summed E-state index contributed by atoms with van der Waals surface area (Å²) in [6.45, 7) is 4.24. The first kappa shape index (κ1) is 13.8. The van der Waals surface area contributed by atoms with Crippen molar-refractivity contribution in [1.29, 1.82) is 0 Å². The monoisotopic (exact) mass is 255 g/mol. The molecule has 2 fully saturated rings. The first-order chi connectivity index (χ1) is 8.65. The van der Waals surface area contributed by atoms with Gasteiger partial charge in [-0.1, -0.05) is 19.8 Å². The van der Waals surface area contributed by atoms with Gasteiger partial charge in [0.2, 0.25) is 5.91 Å². The van der Waals surface area contributed by atoms with Crippen LogP contribution in [-0.2, 0) is 9.53 Å². The average Bonchev–Trinajstić information content (AvgIpc) is 2.84. The summed E-state index contributed by atoms with van der Waals surface area (Å²) < 4.78 is 5.52. The van der Waals surface area contributed by atoms with Gasteiger partial charge in [-0.3, -0.25) is 4.79 Å². The van der Waals surface area contributed by atoms with Crippen molar-refractivity contribution in [1.82, 2.24) is 4.90 Å². The number of likely N-dealkylation sites (tertiary alicyclic amines) is 1. The summed E-state index contributed by atoms with van der Waals surface area (Å²) in [7, 11) is 0. The third-order valence-electron chi connectivity index (χ3n) is 4.40. The van der Waals surface area contributed by atoms with Crippen molar-refractivity contribution in [2.75, 3.05) is 26.3 Å². The van der Waals surface area contributed by atoms with Crippen molar-refractivity contribution in [2.45, 2.75) is 51.6 Å². The van der Waals surface area contributed by atoms with Crippen LogP contribution in [0, 0.1) is 5.41 Å². The molecule has 0 aromatic carbocycles. The van der Waals surface area contributed by atoms with Crippen LogP contribution >= 0.6 is 0 Å². The average molecular weight is 255 g/mol. The number of nitrogens with zero attached hydrogens (tertiary/aromatic N) is 1. The lowest BCUT2D eigenvalue weighted by atomic mass is 9.86. The molecule has 1 saturated carbocycles. The number of hydrogen-bond donors (Lipinski definition) is 1. The number of piperidine rings is 1. The van der Waals surface area contributed by atoms with E-state index >= 15 is 0 Å². The lowest BCUT2D eigenvalue weighted by molar-refractivity contribution is -0.143. The molecule has 2 rings (SSSR count). The van der Waals surface area contributed by atoms with Gasteiger partial charge < -0.3 is 14.7 Å². The van der Waals surface area contributed by atoms with Crippen LogP contribution in [0.25, 0.3) is 0 Å². The Kier molecular flexibility index (Phi) is 4.62. The maximum atomic E-state index is 12.5. The van der Waals surface area contributed by atoms with Gasteiger partial charge in [0.15, 0.2) is 0 Å². The second-order valence-corrected chi connectivity index (χ2v) is 5.85. The summed E-state index contributed by atoms with van der Waals surface area (Å²) >= 11 is 0. The minimum absolute atomic E-state index is 0.0806. The van der Waals surface area contributed by atoms with Gasteiger partial charge in [0.05, 0.1) is 19.3 Å². The molecule has 1 heterocycles. The number of ether oxygens (including phenoxy) is 1. The van der Waals surface area contributed by atoms with Gasteiger partial charge in [-0.15, -0.1) is 0 Å². The Balaban J connectivity index is 1.80. The highest BCUT2D eigenvalue weighted by molar-refractivity contribution is 5.82.